The maximum absolute atomic E-state index is 12.1. The lowest BCUT2D eigenvalue weighted by Crippen LogP contribution is -2.71. The van der Waals surface area contributed by atoms with Crippen LogP contribution in [-0.4, -0.2) is 62.2 Å². The van der Waals surface area contributed by atoms with Crippen LogP contribution in [0.3, 0.4) is 0 Å². The van der Waals surface area contributed by atoms with Crippen LogP contribution in [0.25, 0.3) is 0 Å². The minimum atomic E-state index is -1.41. The summed E-state index contributed by atoms with van der Waals surface area (Å²) in [5.41, 5.74) is 0.473. The quantitative estimate of drug-likeness (QED) is 0.465. The van der Waals surface area contributed by atoms with Gasteiger partial charge >= 0.3 is 5.97 Å². The fourth-order valence-corrected chi connectivity index (χ4v) is 3.72. The van der Waals surface area contributed by atoms with Crippen LogP contribution in [0, 0.1) is 0 Å². The molecule has 114 valence electrons. The van der Waals surface area contributed by atoms with E-state index in [9.17, 15) is 19.5 Å². The van der Waals surface area contributed by atoms with Crippen LogP contribution in [0.15, 0.2) is 29.3 Å². The lowest BCUT2D eigenvalue weighted by atomic mass is 10.0. The Morgan fingerprint density at radius 2 is 2.09 bits per heavy atom. The molecule has 2 N–H and O–H groups in total. The number of carboxylic acid groups (broad SMARTS) is 1. The molecule has 0 saturated carbocycles. The largest absolute Gasteiger partial charge is 0.507 e. The van der Waals surface area contributed by atoms with Gasteiger partial charge in [-0.1, -0.05) is 12.1 Å². The molecule has 0 bridgehead atoms. The number of thioether (sulfide) groups is 1. The second-order valence-corrected chi connectivity index (χ2v) is 6.04. The van der Waals surface area contributed by atoms with Crippen LogP contribution in [0.2, 0.25) is 0 Å². The normalized spacial score (nSPS) is 27.6. The Morgan fingerprint density at radius 3 is 2.77 bits per heavy atom. The molecule has 3 rings (SSSR count). The van der Waals surface area contributed by atoms with E-state index in [1.807, 2.05) is 0 Å². The lowest BCUT2D eigenvalue weighted by Gasteiger charge is -2.49. The first kappa shape index (κ1) is 14.6. The van der Waals surface area contributed by atoms with Gasteiger partial charge in [-0.15, -0.1) is 11.8 Å². The van der Waals surface area contributed by atoms with Crippen molar-refractivity contribution in [1.29, 1.82) is 0 Å². The molecule has 2 fully saturated rings. The predicted molar refractivity (Wildman–Crippen MR) is 79.0 cm³/mol. The average Bonchev–Trinajstić information content (AvgIpc) is 2.49. The summed E-state index contributed by atoms with van der Waals surface area (Å²) in [4.78, 5) is 40.1. The van der Waals surface area contributed by atoms with Gasteiger partial charge < -0.3 is 15.1 Å². The highest BCUT2D eigenvalue weighted by molar-refractivity contribution is 8.00. The van der Waals surface area contributed by atoms with E-state index in [0.29, 0.717) is 5.56 Å². The number of nitrogens with zero attached hydrogens (tertiary/aromatic N) is 2. The maximum atomic E-state index is 12.1. The molecule has 0 radical (unpaired) electrons. The number of phenols is 1. The first-order valence-electron chi connectivity index (χ1n) is 6.51. The zero-order valence-electron chi connectivity index (χ0n) is 11.2. The highest BCUT2D eigenvalue weighted by atomic mass is 32.2. The molecule has 1 aromatic carbocycles. The molecular formula is C14H12N2O5S. The number of para-hydroxylation sites is 1. The molecule has 22 heavy (non-hydrogen) atoms. The lowest BCUT2D eigenvalue weighted by molar-refractivity contribution is -0.163. The van der Waals surface area contributed by atoms with E-state index in [-0.39, 0.29) is 11.5 Å². The number of aliphatic carboxylic acids is 1. The molecular weight excluding hydrogens is 308 g/mol. The SMILES string of the molecule is O=C(O)C1C(=O)CS[C@H]2C(N=Cc3ccccc3O)C(=O)N12. The van der Waals surface area contributed by atoms with Crippen molar-refractivity contribution in [3.05, 3.63) is 29.8 Å². The highest BCUT2D eigenvalue weighted by Crippen LogP contribution is 2.38. The number of carboxylic acids is 1. The number of ketones is 1. The molecule has 0 aliphatic carbocycles. The second kappa shape index (κ2) is 5.45. The van der Waals surface area contributed by atoms with E-state index in [2.05, 4.69) is 4.99 Å². The molecule has 2 heterocycles. The monoisotopic (exact) mass is 320 g/mol. The van der Waals surface area contributed by atoms with Crippen molar-refractivity contribution in [3.8, 4) is 5.75 Å². The molecule has 2 aliphatic rings. The van der Waals surface area contributed by atoms with Crippen LogP contribution in [0.5, 0.6) is 5.75 Å². The minimum absolute atomic E-state index is 0.0461. The third-order valence-corrected chi connectivity index (χ3v) is 4.85. The second-order valence-electron chi connectivity index (χ2n) is 4.94. The van der Waals surface area contributed by atoms with Gasteiger partial charge in [-0.25, -0.2) is 4.79 Å². The zero-order valence-corrected chi connectivity index (χ0v) is 12.1. The summed E-state index contributed by atoms with van der Waals surface area (Å²) in [5, 5.41) is 18.3. The van der Waals surface area contributed by atoms with E-state index in [0.717, 1.165) is 4.90 Å². The van der Waals surface area contributed by atoms with Gasteiger partial charge in [0.1, 0.15) is 11.1 Å². The predicted octanol–water partition coefficient (Wildman–Crippen LogP) is 0.117. The molecule has 2 saturated heterocycles. The molecule has 1 aromatic rings. The van der Waals surface area contributed by atoms with Crippen molar-refractivity contribution >= 4 is 35.6 Å². The smallest absolute Gasteiger partial charge is 0.334 e. The molecule has 3 atom stereocenters. The number of rotatable bonds is 3. The molecule has 0 aromatic heterocycles. The van der Waals surface area contributed by atoms with Crippen molar-refractivity contribution in [2.75, 3.05) is 5.75 Å². The third-order valence-electron chi connectivity index (χ3n) is 3.58. The third kappa shape index (κ3) is 2.25. The van der Waals surface area contributed by atoms with Gasteiger partial charge in [-0.05, 0) is 12.1 Å². The summed E-state index contributed by atoms with van der Waals surface area (Å²) >= 11 is 1.21. The van der Waals surface area contributed by atoms with Gasteiger partial charge in [0.15, 0.2) is 17.9 Å². The van der Waals surface area contributed by atoms with Crippen molar-refractivity contribution in [2.24, 2.45) is 4.99 Å². The summed E-state index contributed by atoms with van der Waals surface area (Å²) in [6, 6.07) is 4.42. The van der Waals surface area contributed by atoms with Crippen molar-refractivity contribution in [3.63, 3.8) is 0 Å². The van der Waals surface area contributed by atoms with E-state index in [4.69, 9.17) is 5.11 Å². The molecule has 1 amide bonds. The van der Waals surface area contributed by atoms with Crippen LogP contribution < -0.4 is 0 Å². The number of aromatic hydroxyl groups is 1. The minimum Gasteiger partial charge on any atom is -0.507 e. The first-order valence-corrected chi connectivity index (χ1v) is 7.56. The Hall–Kier alpha value is -2.35. The van der Waals surface area contributed by atoms with Crippen molar-refractivity contribution in [2.45, 2.75) is 17.5 Å². The molecule has 2 unspecified atom stereocenters. The molecule has 8 heteroatoms. The van der Waals surface area contributed by atoms with Crippen molar-refractivity contribution in [1.82, 2.24) is 4.90 Å². The number of phenolic OH excluding ortho intramolecular Hbond substituents is 1. The number of β-lactam (4-membered cyclic amide) rings is 1. The van der Waals surface area contributed by atoms with Crippen LogP contribution in [-0.2, 0) is 14.4 Å². The van der Waals surface area contributed by atoms with Gasteiger partial charge in [-0.2, -0.15) is 0 Å². The van der Waals surface area contributed by atoms with Gasteiger partial charge in [0.25, 0.3) is 5.91 Å². The number of Topliss-reactive ketones (excluding diaryl/α,β-unsaturated/α-hetero) is 1. The molecule has 0 spiro atoms. The van der Waals surface area contributed by atoms with E-state index >= 15 is 0 Å². The Kier molecular flexibility index (Phi) is 3.61. The Labute approximate surface area is 129 Å². The number of hydrogen-bond acceptors (Lipinski definition) is 6. The van der Waals surface area contributed by atoms with Gasteiger partial charge in [0, 0.05) is 11.8 Å². The molecule has 7 nitrogen and oxygen atoms in total. The number of fused-ring (bicyclic) bond motifs is 1. The van der Waals surface area contributed by atoms with E-state index in [1.54, 1.807) is 18.2 Å². The van der Waals surface area contributed by atoms with Crippen LogP contribution >= 0.6 is 11.8 Å². The Bertz CT molecular complexity index is 690. The topological polar surface area (TPSA) is 107 Å². The number of aliphatic imine (C=N–C) groups is 1. The standard InChI is InChI=1S/C14H12N2O5S/c17-8-4-2-1-3-7(8)5-15-10-12(19)16-11(14(20)21)9(18)6-22-13(10)16/h1-5,10-11,13,17H,6H2,(H,20,21)/t10?,11?,13-/m0/s1. The number of hydrogen-bond donors (Lipinski definition) is 2. The van der Waals surface area contributed by atoms with Gasteiger partial charge in [0.05, 0.1) is 5.75 Å². The summed E-state index contributed by atoms with van der Waals surface area (Å²) < 4.78 is 0. The van der Waals surface area contributed by atoms with Crippen LogP contribution in [0.4, 0.5) is 0 Å². The van der Waals surface area contributed by atoms with E-state index < -0.39 is 35.1 Å². The summed E-state index contributed by atoms with van der Waals surface area (Å²) in [7, 11) is 0. The Balaban J connectivity index is 1.79. The first-order chi connectivity index (χ1) is 10.5. The summed E-state index contributed by atoms with van der Waals surface area (Å²) in [6.45, 7) is 0. The van der Waals surface area contributed by atoms with Gasteiger partial charge in [-0.3, -0.25) is 14.6 Å². The Morgan fingerprint density at radius 1 is 1.36 bits per heavy atom. The average molecular weight is 320 g/mol. The summed E-state index contributed by atoms with van der Waals surface area (Å²) in [5.74, 6) is -2.18. The molecule has 2 aliphatic heterocycles. The fourth-order valence-electron chi connectivity index (χ4n) is 2.47. The van der Waals surface area contributed by atoms with E-state index in [1.165, 1.54) is 24.0 Å². The zero-order chi connectivity index (χ0) is 15.9. The number of carbonyl (C=O) groups is 3. The maximum Gasteiger partial charge on any atom is 0.334 e. The summed E-state index contributed by atoms with van der Waals surface area (Å²) in [6.07, 6.45) is 1.39. The van der Waals surface area contributed by atoms with Crippen LogP contribution in [0.1, 0.15) is 5.56 Å². The highest BCUT2D eigenvalue weighted by Gasteiger charge is 2.57. The van der Waals surface area contributed by atoms with Crippen molar-refractivity contribution < 1.29 is 24.6 Å². The fraction of sp³-hybridized carbons (Fsp3) is 0.286. The number of benzene rings is 1. The number of amides is 1. The number of carbonyl (C=O) groups excluding carboxylic acids is 2. The van der Waals surface area contributed by atoms with Gasteiger partial charge in [0.2, 0.25) is 0 Å².